The van der Waals surface area contributed by atoms with Crippen molar-refractivity contribution in [1.29, 1.82) is 5.41 Å². The fourth-order valence-electron chi connectivity index (χ4n) is 1.48. The molecule has 0 aliphatic heterocycles. The van der Waals surface area contributed by atoms with Gasteiger partial charge in [0.1, 0.15) is 11.6 Å². The molecule has 1 heterocycles. The van der Waals surface area contributed by atoms with Crippen molar-refractivity contribution in [3.05, 3.63) is 47.9 Å². The number of hydrogen-bond acceptors (Lipinski definition) is 4. The molecule has 0 saturated heterocycles. The maximum Gasteiger partial charge on any atom is 0.419 e. The van der Waals surface area contributed by atoms with Gasteiger partial charge < -0.3 is 10.5 Å². The predicted octanol–water partition coefficient (Wildman–Crippen LogP) is 2.57. The molecule has 0 aliphatic carbocycles. The molecule has 5 nitrogen and oxygen atoms in total. The Balaban J connectivity index is 2.44. The van der Waals surface area contributed by atoms with E-state index in [1.807, 2.05) is 0 Å². The lowest BCUT2D eigenvalue weighted by atomic mass is 10.2. The van der Waals surface area contributed by atoms with Gasteiger partial charge in [0.15, 0.2) is 5.69 Å². The lowest BCUT2D eigenvalue weighted by molar-refractivity contribution is -0.138. The molecule has 104 valence electrons. The van der Waals surface area contributed by atoms with Gasteiger partial charge in [0.2, 0.25) is 5.88 Å². The highest BCUT2D eigenvalue weighted by molar-refractivity contribution is 5.95. The summed E-state index contributed by atoms with van der Waals surface area (Å²) in [6, 6.07) is 4.69. The second kappa shape index (κ2) is 5.16. The third-order valence-electron chi connectivity index (χ3n) is 2.32. The Morgan fingerprint density at radius 3 is 2.45 bits per heavy atom. The summed E-state index contributed by atoms with van der Waals surface area (Å²) in [6.45, 7) is 0. The lowest BCUT2D eigenvalue weighted by Gasteiger charge is -2.13. The molecule has 0 bridgehead atoms. The van der Waals surface area contributed by atoms with Crippen molar-refractivity contribution < 1.29 is 17.9 Å². The van der Waals surface area contributed by atoms with Gasteiger partial charge in [0.05, 0.1) is 5.56 Å². The van der Waals surface area contributed by atoms with Gasteiger partial charge in [0, 0.05) is 12.4 Å². The lowest BCUT2D eigenvalue weighted by Crippen LogP contribution is -2.15. The first kappa shape index (κ1) is 13.8. The second-order valence-corrected chi connectivity index (χ2v) is 3.72. The summed E-state index contributed by atoms with van der Waals surface area (Å²) in [6.07, 6.45) is -2.06. The zero-order valence-electron chi connectivity index (χ0n) is 9.98. The average Bonchev–Trinajstić information content (AvgIpc) is 2.38. The van der Waals surface area contributed by atoms with Gasteiger partial charge in [0.25, 0.3) is 0 Å². The van der Waals surface area contributed by atoms with Gasteiger partial charge in [-0.2, -0.15) is 13.2 Å². The van der Waals surface area contributed by atoms with Crippen LogP contribution in [0.3, 0.4) is 0 Å². The molecule has 0 amide bonds. The number of hydrogen-bond donors (Lipinski definition) is 2. The fraction of sp³-hybridized carbons (Fsp3) is 0.0833. The molecular formula is C12H9F3N4O. The molecule has 1 aromatic heterocycles. The highest BCUT2D eigenvalue weighted by atomic mass is 19.4. The Hall–Kier alpha value is -2.64. The summed E-state index contributed by atoms with van der Waals surface area (Å²) in [4.78, 5) is 7.49. The monoisotopic (exact) mass is 282 g/mol. The number of halogens is 3. The number of nitrogens with one attached hydrogen (secondary N) is 1. The van der Waals surface area contributed by atoms with Gasteiger partial charge in [-0.1, -0.05) is 12.1 Å². The first-order valence-electron chi connectivity index (χ1n) is 5.39. The third kappa shape index (κ3) is 2.85. The quantitative estimate of drug-likeness (QED) is 0.669. The van der Waals surface area contributed by atoms with E-state index in [1.54, 1.807) is 0 Å². The molecule has 1 aromatic carbocycles. The van der Waals surface area contributed by atoms with Gasteiger partial charge in [-0.25, -0.2) is 9.97 Å². The first-order chi connectivity index (χ1) is 9.39. The zero-order valence-corrected chi connectivity index (χ0v) is 9.98. The molecule has 0 saturated carbocycles. The summed E-state index contributed by atoms with van der Waals surface area (Å²) >= 11 is 0. The molecule has 3 N–H and O–H groups in total. The Morgan fingerprint density at radius 1 is 1.15 bits per heavy atom. The molecule has 0 atom stereocenters. The smallest absolute Gasteiger partial charge is 0.419 e. The van der Waals surface area contributed by atoms with Gasteiger partial charge in [-0.15, -0.1) is 0 Å². The maximum absolute atomic E-state index is 12.8. The Labute approximate surface area is 111 Å². The maximum atomic E-state index is 12.8. The number of nitrogen functional groups attached to an aromatic ring is 1. The standard InChI is InChI=1S/C12H9F3N4O/c13-12(14,15)7-3-1-2-4-8(7)20-11-9(10(16)17)18-5-6-19-11/h1-6H,(H3,16,17). The van der Waals surface area contributed by atoms with Crippen LogP contribution in [0.15, 0.2) is 36.7 Å². The van der Waals surface area contributed by atoms with Crippen LogP contribution in [0.2, 0.25) is 0 Å². The predicted molar refractivity (Wildman–Crippen MR) is 64.6 cm³/mol. The molecule has 2 aromatic rings. The summed E-state index contributed by atoms with van der Waals surface area (Å²) in [7, 11) is 0. The van der Waals surface area contributed by atoms with Crippen LogP contribution < -0.4 is 10.5 Å². The van der Waals surface area contributed by atoms with Crippen LogP contribution in [0, 0.1) is 5.41 Å². The number of ether oxygens (including phenoxy) is 1. The van der Waals surface area contributed by atoms with Crippen LogP contribution in [0.1, 0.15) is 11.3 Å². The molecule has 20 heavy (non-hydrogen) atoms. The van der Waals surface area contributed by atoms with E-state index in [2.05, 4.69) is 9.97 Å². The first-order valence-corrected chi connectivity index (χ1v) is 5.39. The number of para-hydroxylation sites is 1. The summed E-state index contributed by atoms with van der Waals surface area (Å²) in [5.74, 6) is -1.13. The van der Waals surface area contributed by atoms with Crippen LogP contribution in [0.25, 0.3) is 0 Å². The summed E-state index contributed by atoms with van der Waals surface area (Å²) in [5, 5.41) is 7.29. The highest BCUT2D eigenvalue weighted by Crippen LogP contribution is 2.37. The van der Waals surface area contributed by atoms with Crippen molar-refractivity contribution in [3.63, 3.8) is 0 Å². The van der Waals surface area contributed by atoms with Crippen LogP contribution in [0.5, 0.6) is 11.6 Å². The number of alkyl halides is 3. The molecule has 2 rings (SSSR count). The van der Waals surface area contributed by atoms with Gasteiger partial charge in [-0.3, -0.25) is 5.41 Å². The van der Waals surface area contributed by atoms with Crippen LogP contribution in [0.4, 0.5) is 13.2 Å². The van der Waals surface area contributed by atoms with Crippen LogP contribution in [-0.2, 0) is 6.18 Å². The van der Waals surface area contributed by atoms with Crippen molar-refractivity contribution >= 4 is 5.84 Å². The minimum atomic E-state index is -4.56. The van der Waals surface area contributed by atoms with Crippen molar-refractivity contribution in [2.75, 3.05) is 0 Å². The second-order valence-electron chi connectivity index (χ2n) is 3.72. The van der Waals surface area contributed by atoms with Crippen molar-refractivity contribution in [2.45, 2.75) is 6.18 Å². The molecule has 0 fully saturated rings. The van der Waals surface area contributed by atoms with Crippen LogP contribution >= 0.6 is 0 Å². The Morgan fingerprint density at radius 2 is 1.80 bits per heavy atom. The summed E-state index contributed by atoms with van der Waals surface area (Å²) in [5.41, 5.74) is 4.21. The Kier molecular flexibility index (Phi) is 3.55. The van der Waals surface area contributed by atoms with E-state index < -0.39 is 23.3 Å². The number of amidine groups is 1. The van der Waals surface area contributed by atoms with Crippen molar-refractivity contribution in [1.82, 2.24) is 9.97 Å². The van der Waals surface area contributed by atoms with Crippen molar-refractivity contribution in [2.24, 2.45) is 5.73 Å². The molecule has 8 heteroatoms. The Bertz CT molecular complexity index is 643. The minimum absolute atomic E-state index is 0.121. The zero-order chi connectivity index (χ0) is 14.8. The van der Waals surface area contributed by atoms with E-state index >= 15 is 0 Å². The number of benzene rings is 1. The normalized spacial score (nSPS) is 11.2. The number of aromatic nitrogens is 2. The molecule has 0 spiro atoms. The number of nitrogens with zero attached hydrogens (tertiary/aromatic N) is 2. The molecule has 0 unspecified atom stereocenters. The SMILES string of the molecule is N=C(N)c1nccnc1Oc1ccccc1C(F)(F)F. The fourth-order valence-corrected chi connectivity index (χ4v) is 1.48. The minimum Gasteiger partial charge on any atom is -0.436 e. The van der Waals surface area contributed by atoms with E-state index in [0.717, 1.165) is 12.1 Å². The molecule has 0 aliphatic rings. The van der Waals surface area contributed by atoms with Crippen LogP contribution in [-0.4, -0.2) is 15.8 Å². The summed E-state index contributed by atoms with van der Waals surface area (Å²) < 4.78 is 43.6. The van der Waals surface area contributed by atoms with E-state index in [4.69, 9.17) is 15.9 Å². The number of rotatable bonds is 3. The van der Waals surface area contributed by atoms with E-state index in [0.29, 0.717) is 0 Å². The average molecular weight is 282 g/mol. The van der Waals surface area contributed by atoms with E-state index in [-0.39, 0.29) is 11.6 Å². The topological polar surface area (TPSA) is 84.9 Å². The highest BCUT2D eigenvalue weighted by Gasteiger charge is 2.34. The van der Waals surface area contributed by atoms with Gasteiger partial charge >= 0.3 is 6.18 Å². The molecular weight excluding hydrogens is 273 g/mol. The third-order valence-corrected chi connectivity index (χ3v) is 2.32. The molecule has 0 radical (unpaired) electrons. The van der Waals surface area contributed by atoms with E-state index in [9.17, 15) is 13.2 Å². The van der Waals surface area contributed by atoms with Gasteiger partial charge in [-0.05, 0) is 12.1 Å². The van der Waals surface area contributed by atoms with Crippen molar-refractivity contribution in [3.8, 4) is 11.6 Å². The largest absolute Gasteiger partial charge is 0.436 e. The number of nitrogens with two attached hydrogens (primary N) is 1. The van der Waals surface area contributed by atoms with E-state index in [1.165, 1.54) is 24.5 Å².